The maximum atomic E-state index is 8.96. The summed E-state index contributed by atoms with van der Waals surface area (Å²) in [5.41, 5.74) is 17.3. The second-order valence-corrected chi connectivity index (χ2v) is 14.5. The van der Waals surface area contributed by atoms with Gasteiger partial charge < -0.3 is 4.57 Å². The molecule has 4 nitrogen and oxygen atoms in total. The Balaban J connectivity index is 0.960. The van der Waals surface area contributed by atoms with Crippen molar-refractivity contribution in [1.82, 2.24) is 9.24 Å². The first-order valence-corrected chi connectivity index (χ1v) is 19.1. The lowest BCUT2D eigenvalue weighted by molar-refractivity contribution is 0.808. The Morgan fingerprint density at radius 2 is 1.22 bits per heavy atom. The minimum absolute atomic E-state index is 0.390. The lowest BCUT2D eigenvalue weighted by atomic mass is 9.94. The molecule has 0 fully saturated rings. The number of rotatable bonds is 7. The number of para-hydroxylation sites is 1. The van der Waals surface area contributed by atoms with Crippen LogP contribution in [-0.2, 0) is 12.8 Å². The van der Waals surface area contributed by atoms with Crippen LogP contribution in [0.2, 0.25) is 0 Å². The van der Waals surface area contributed by atoms with E-state index in [2.05, 4.69) is 155 Å². The number of nitrogens with one attached hydrogen (secondary N) is 1. The van der Waals surface area contributed by atoms with Crippen molar-refractivity contribution in [2.75, 3.05) is 0 Å². The molecule has 4 heteroatoms. The molecule has 5 aromatic carbocycles. The zero-order valence-electron chi connectivity index (χ0n) is 30.2. The van der Waals surface area contributed by atoms with Crippen LogP contribution in [0.4, 0.5) is 0 Å². The van der Waals surface area contributed by atoms with Gasteiger partial charge in [-0.25, -0.2) is 4.68 Å². The van der Waals surface area contributed by atoms with E-state index >= 15 is 0 Å². The normalized spacial score (nSPS) is 14.9. The third-order valence-corrected chi connectivity index (χ3v) is 11.3. The molecule has 0 unspecified atom stereocenters. The number of fused-ring (bicyclic) bond motifs is 6. The van der Waals surface area contributed by atoms with Crippen molar-refractivity contribution in [2.24, 2.45) is 5.10 Å². The molecule has 0 amide bonds. The van der Waals surface area contributed by atoms with Crippen molar-refractivity contribution in [3.05, 3.63) is 179 Å². The van der Waals surface area contributed by atoms with E-state index in [4.69, 9.17) is 10.5 Å². The van der Waals surface area contributed by atoms with Crippen LogP contribution >= 0.6 is 0 Å². The molecule has 0 spiro atoms. The molecule has 7 aromatic rings. The Kier molecular flexibility index (Phi) is 8.02. The molecule has 0 radical (unpaired) electrons. The van der Waals surface area contributed by atoms with Gasteiger partial charge in [-0.05, 0) is 114 Å². The van der Waals surface area contributed by atoms with Crippen molar-refractivity contribution in [1.29, 1.82) is 5.41 Å². The monoisotopic (exact) mass is 696 g/mol. The Hall–Kier alpha value is -6.52. The predicted octanol–water partition coefficient (Wildman–Crippen LogP) is 12.5. The van der Waals surface area contributed by atoms with Gasteiger partial charge in [0, 0.05) is 38.8 Å². The van der Waals surface area contributed by atoms with Gasteiger partial charge in [0.1, 0.15) is 0 Å². The quantitative estimate of drug-likeness (QED) is 0.161. The van der Waals surface area contributed by atoms with Crippen LogP contribution in [0.5, 0.6) is 0 Å². The molecular formula is C50H40N4. The van der Waals surface area contributed by atoms with Gasteiger partial charge in [0.25, 0.3) is 0 Å². The minimum atomic E-state index is 0.390. The Morgan fingerprint density at radius 3 is 1.98 bits per heavy atom. The molecule has 3 aliphatic rings. The zero-order chi connectivity index (χ0) is 36.0. The summed E-state index contributed by atoms with van der Waals surface area (Å²) in [5, 5.41) is 16.4. The summed E-state index contributed by atoms with van der Waals surface area (Å²) in [6, 6.07) is 41.5. The number of hydrogen-bond acceptors (Lipinski definition) is 2. The molecule has 0 bridgehead atoms. The summed E-state index contributed by atoms with van der Waals surface area (Å²) >= 11 is 0. The second kappa shape index (κ2) is 13.5. The highest BCUT2D eigenvalue weighted by Gasteiger charge is 2.21. The Bertz CT molecular complexity index is 2760. The standard InChI is InChI=1S/C50H40N4/c51-46(36-24-22-35(23-25-36)38-15-11-14-37(30-38)34-12-3-1-4-13-34)33-52-54-49-21-10-8-19-43(49)45-32-40(27-29-50(45)54)39-26-28-48-44(31-39)42-18-7-9-20-47(42)53(48)41-16-5-2-6-17-41/h1-3,5-8,11-12,14-19,22-33,51H,4,9-10,13,20-21H2/b51-46?,52-33-. The molecule has 1 N–H and O–H groups in total. The van der Waals surface area contributed by atoms with Crippen molar-refractivity contribution in [2.45, 2.75) is 38.5 Å². The maximum absolute atomic E-state index is 8.96. The number of benzene rings is 5. The highest BCUT2D eigenvalue weighted by Crippen LogP contribution is 2.39. The fourth-order valence-electron chi connectivity index (χ4n) is 8.56. The third kappa shape index (κ3) is 5.62. The van der Waals surface area contributed by atoms with Gasteiger partial charge in [-0.1, -0.05) is 115 Å². The van der Waals surface area contributed by atoms with E-state index in [-0.39, 0.29) is 0 Å². The SMILES string of the molecule is N=C(/C=N\n1c2c(c3cc(-c4ccc5c(c4)c4c(n5-c5ccccc5)CCC=C4)ccc31)C=CCC2)c1ccc(-c2cccc(C3=CC=CCC3)c2)cc1. The fraction of sp³-hybridized carbons (Fsp3) is 0.120. The summed E-state index contributed by atoms with van der Waals surface area (Å²) < 4.78 is 4.51. The van der Waals surface area contributed by atoms with E-state index in [9.17, 15) is 0 Å². The summed E-state index contributed by atoms with van der Waals surface area (Å²) in [6.45, 7) is 0. The first kappa shape index (κ1) is 32.2. The molecule has 10 rings (SSSR count). The lowest BCUT2D eigenvalue weighted by Gasteiger charge is -2.13. The third-order valence-electron chi connectivity index (χ3n) is 11.3. The Labute approximate surface area is 315 Å². The molecule has 54 heavy (non-hydrogen) atoms. The van der Waals surface area contributed by atoms with E-state index in [1.54, 1.807) is 6.21 Å². The van der Waals surface area contributed by atoms with Gasteiger partial charge in [0.2, 0.25) is 0 Å². The van der Waals surface area contributed by atoms with Crippen LogP contribution < -0.4 is 0 Å². The molecule has 0 saturated heterocycles. The molecule has 260 valence electrons. The molecule has 2 heterocycles. The minimum Gasteiger partial charge on any atom is -0.313 e. The van der Waals surface area contributed by atoms with E-state index in [1.165, 1.54) is 72.3 Å². The van der Waals surface area contributed by atoms with Gasteiger partial charge in [0.15, 0.2) is 0 Å². The molecule has 0 aliphatic heterocycles. The summed E-state index contributed by atoms with van der Waals surface area (Å²) in [7, 11) is 0. The van der Waals surface area contributed by atoms with Crippen LogP contribution in [0.15, 0.2) is 151 Å². The van der Waals surface area contributed by atoms with E-state index < -0.39 is 0 Å². The average molecular weight is 697 g/mol. The number of aromatic nitrogens is 2. The predicted molar refractivity (Wildman–Crippen MR) is 228 cm³/mol. The van der Waals surface area contributed by atoms with E-state index in [0.29, 0.717) is 5.71 Å². The van der Waals surface area contributed by atoms with E-state index in [0.717, 1.165) is 55.2 Å². The van der Waals surface area contributed by atoms with Gasteiger partial charge in [-0.3, -0.25) is 5.41 Å². The molecule has 0 atom stereocenters. The molecular weight excluding hydrogens is 657 g/mol. The van der Waals surface area contributed by atoms with Crippen molar-refractivity contribution in [3.8, 4) is 27.9 Å². The number of nitrogens with zero attached hydrogens (tertiary/aromatic N) is 3. The highest BCUT2D eigenvalue weighted by molar-refractivity contribution is 6.36. The lowest BCUT2D eigenvalue weighted by Crippen LogP contribution is -2.05. The molecule has 2 aromatic heterocycles. The second-order valence-electron chi connectivity index (χ2n) is 14.5. The van der Waals surface area contributed by atoms with Crippen LogP contribution in [0.1, 0.15) is 59.3 Å². The van der Waals surface area contributed by atoms with Crippen LogP contribution in [-0.4, -0.2) is 21.2 Å². The first-order chi connectivity index (χ1) is 26.7. The van der Waals surface area contributed by atoms with Gasteiger partial charge in [-0.2, -0.15) is 5.10 Å². The number of allylic oxidation sites excluding steroid dienone is 6. The van der Waals surface area contributed by atoms with Crippen molar-refractivity contribution < 1.29 is 0 Å². The maximum Gasteiger partial charge on any atom is 0.0813 e. The smallest absolute Gasteiger partial charge is 0.0813 e. The van der Waals surface area contributed by atoms with Gasteiger partial charge in [0.05, 0.1) is 28.7 Å². The van der Waals surface area contributed by atoms with Crippen LogP contribution in [0.25, 0.3) is 67.5 Å². The average Bonchev–Trinajstić information content (AvgIpc) is 3.75. The van der Waals surface area contributed by atoms with Gasteiger partial charge in [-0.15, -0.1) is 0 Å². The fourth-order valence-corrected chi connectivity index (χ4v) is 8.56. The summed E-state index contributed by atoms with van der Waals surface area (Å²) in [5.74, 6) is 0. The molecule has 3 aliphatic carbocycles. The molecule has 0 saturated carbocycles. The van der Waals surface area contributed by atoms with E-state index in [1.807, 2.05) is 12.1 Å². The van der Waals surface area contributed by atoms with Crippen LogP contribution in [0, 0.1) is 5.41 Å². The Morgan fingerprint density at radius 1 is 0.574 bits per heavy atom. The summed E-state index contributed by atoms with van der Waals surface area (Å²) in [4.78, 5) is 0. The topological polar surface area (TPSA) is 46.1 Å². The van der Waals surface area contributed by atoms with Crippen molar-refractivity contribution >= 4 is 51.5 Å². The zero-order valence-corrected chi connectivity index (χ0v) is 30.2. The number of hydrogen-bond donors (Lipinski definition) is 1. The van der Waals surface area contributed by atoms with Gasteiger partial charge >= 0.3 is 0 Å². The van der Waals surface area contributed by atoms with Crippen molar-refractivity contribution in [3.63, 3.8) is 0 Å². The largest absolute Gasteiger partial charge is 0.313 e. The first-order valence-electron chi connectivity index (χ1n) is 19.1. The van der Waals surface area contributed by atoms with Crippen LogP contribution in [0.3, 0.4) is 0 Å². The highest BCUT2D eigenvalue weighted by atomic mass is 15.3. The summed E-state index contributed by atoms with van der Waals surface area (Å²) in [6.07, 6.45) is 23.6.